The van der Waals surface area contributed by atoms with E-state index in [4.69, 9.17) is 0 Å². The van der Waals surface area contributed by atoms with Crippen molar-refractivity contribution in [1.29, 1.82) is 0 Å². The van der Waals surface area contributed by atoms with Crippen molar-refractivity contribution < 1.29 is 0 Å². The van der Waals surface area contributed by atoms with E-state index in [-0.39, 0.29) is 0 Å². The fraction of sp³-hybridized carbons (Fsp3) is 1.00. The van der Waals surface area contributed by atoms with Gasteiger partial charge in [0.15, 0.2) is 0 Å². The largest absolute Gasteiger partial charge is 0.319 e. The van der Waals surface area contributed by atoms with Crippen LogP contribution in [0.25, 0.3) is 0 Å². The summed E-state index contributed by atoms with van der Waals surface area (Å²) in [6, 6.07) is 0. The van der Waals surface area contributed by atoms with E-state index < -0.39 is 0 Å². The van der Waals surface area contributed by atoms with E-state index in [9.17, 15) is 0 Å². The summed E-state index contributed by atoms with van der Waals surface area (Å²) in [6.07, 6.45) is 2.79. The molecule has 1 N–H and O–H groups in total. The lowest BCUT2D eigenvalue weighted by molar-refractivity contribution is 0.208. The van der Waals surface area contributed by atoms with Crippen LogP contribution in [0.2, 0.25) is 0 Å². The number of hydrogen-bond acceptors (Lipinski definition) is 2. The van der Waals surface area contributed by atoms with Crippen LogP contribution in [0.15, 0.2) is 0 Å². The first-order valence-electron chi connectivity index (χ1n) is 4.16. The van der Waals surface area contributed by atoms with Gasteiger partial charge in [-0.15, -0.1) is 0 Å². The molecule has 1 aliphatic rings. The van der Waals surface area contributed by atoms with Crippen molar-refractivity contribution in [3.63, 3.8) is 0 Å². The Bertz CT molecular complexity index is 91.3. The number of likely N-dealkylation sites (tertiary alicyclic amines) is 1. The summed E-state index contributed by atoms with van der Waals surface area (Å²) in [5.74, 6) is 0.892. The van der Waals surface area contributed by atoms with Crippen molar-refractivity contribution in [3.05, 3.63) is 0 Å². The lowest BCUT2D eigenvalue weighted by Gasteiger charge is -2.29. The number of nitrogens with zero attached hydrogens (tertiary/aromatic N) is 1. The number of piperidine rings is 1. The Morgan fingerprint density at radius 3 is 3.00 bits per heavy atom. The Kier molecular flexibility index (Phi) is 3.16. The van der Waals surface area contributed by atoms with Crippen LogP contribution in [0.1, 0.15) is 12.8 Å². The molecule has 0 radical (unpaired) electrons. The molecule has 1 heterocycles. The molecular weight excluding hydrogens is 124 g/mol. The highest BCUT2D eigenvalue weighted by molar-refractivity contribution is 4.71. The third-order valence-electron chi connectivity index (χ3n) is 2.21. The fourth-order valence-electron chi connectivity index (χ4n) is 1.73. The third kappa shape index (κ3) is 2.27. The maximum absolute atomic E-state index is 3.23. The quantitative estimate of drug-likeness (QED) is 0.605. The minimum Gasteiger partial charge on any atom is -0.319 e. The van der Waals surface area contributed by atoms with Gasteiger partial charge in [0.2, 0.25) is 0 Å². The molecule has 1 fully saturated rings. The van der Waals surface area contributed by atoms with E-state index in [1.54, 1.807) is 0 Å². The molecule has 0 bridgehead atoms. The standard InChI is InChI=1S/C8H18N2/c1-9-6-8-4-3-5-10(2)7-8/h8-9H,3-7H2,1-2H3/t8-/m0/s1. The van der Waals surface area contributed by atoms with Crippen LogP contribution in [0, 0.1) is 5.92 Å². The highest BCUT2D eigenvalue weighted by Crippen LogP contribution is 2.13. The number of hydrogen-bond donors (Lipinski definition) is 1. The summed E-state index contributed by atoms with van der Waals surface area (Å²) in [5.41, 5.74) is 0. The molecule has 1 atom stereocenters. The second kappa shape index (κ2) is 3.94. The van der Waals surface area contributed by atoms with Gasteiger partial charge in [-0.25, -0.2) is 0 Å². The summed E-state index contributed by atoms with van der Waals surface area (Å²) in [7, 11) is 4.25. The molecule has 10 heavy (non-hydrogen) atoms. The van der Waals surface area contributed by atoms with Crippen LogP contribution in [0.3, 0.4) is 0 Å². The highest BCUT2D eigenvalue weighted by Gasteiger charge is 2.15. The van der Waals surface area contributed by atoms with Gasteiger partial charge in [-0.2, -0.15) is 0 Å². The predicted molar refractivity (Wildman–Crippen MR) is 44.1 cm³/mol. The van der Waals surface area contributed by atoms with Crippen molar-refractivity contribution in [1.82, 2.24) is 10.2 Å². The van der Waals surface area contributed by atoms with E-state index in [1.807, 2.05) is 7.05 Å². The monoisotopic (exact) mass is 142 g/mol. The van der Waals surface area contributed by atoms with Gasteiger partial charge in [-0.05, 0) is 45.9 Å². The van der Waals surface area contributed by atoms with Crippen molar-refractivity contribution in [3.8, 4) is 0 Å². The molecule has 1 aliphatic heterocycles. The lowest BCUT2D eigenvalue weighted by Crippen LogP contribution is -2.36. The average Bonchev–Trinajstić information content (AvgIpc) is 1.88. The van der Waals surface area contributed by atoms with Crippen LogP contribution >= 0.6 is 0 Å². The molecule has 0 saturated carbocycles. The predicted octanol–water partition coefficient (Wildman–Crippen LogP) is 0.548. The first kappa shape index (κ1) is 8.02. The van der Waals surface area contributed by atoms with Crippen molar-refractivity contribution in [2.24, 2.45) is 5.92 Å². The zero-order valence-corrected chi connectivity index (χ0v) is 7.06. The molecule has 1 saturated heterocycles. The second-order valence-electron chi connectivity index (χ2n) is 3.33. The molecule has 0 aromatic carbocycles. The molecular formula is C8H18N2. The van der Waals surface area contributed by atoms with Crippen molar-refractivity contribution in [2.45, 2.75) is 12.8 Å². The average molecular weight is 142 g/mol. The van der Waals surface area contributed by atoms with Crippen LogP contribution in [0.5, 0.6) is 0 Å². The van der Waals surface area contributed by atoms with Crippen molar-refractivity contribution >= 4 is 0 Å². The van der Waals surface area contributed by atoms with Gasteiger partial charge < -0.3 is 10.2 Å². The molecule has 0 aromatic heterocycles. The van der Waals surface area contributed by atoms with Gasteiger partial charge in [-0.3, -0.25) is 0 Å². The van der Waals surface area contributed by atoms with E-state index in [0.29, 0.717) is 0 Å². The zero-order chi connectivity index (χ0) is 7.40. The lowest BCUT2D eigenvalue weighted by atomic mass is 9.99. The van der Waals surface area contributed by atoms with Crippen LogP contribution in [-0.2, 0) is 0 Å². The van der Waals surface area contributed by atoms with Gasteiger partial charge in [0.05, 0.1) is 0 Å². The Morgan fingerprint density at radius 1 is 1.60 bits per heavy atom. The van der Waals surface area contributed by atoms with Crippen LogP contribution in [0.4, 0.5) is 0 Å². The molecule has 2 nitrogen and oxygen atoms in total. The molecule has 1 rings (SSSR count). The van der Waals surface area contributed by atoms with E-state index in [1.165, 1.54) is 32.5 Å². The summed E-state index contributed by atoms with van der Waals surface area (Å²) in [6.45, 7) is 3.76. The fourth-order valence-corrected chi connectivity index (χ4v) is 1.73. The summed E-state index contributed by atoms with van der Waals surface area (Å²) < 4.78 is 0. The second-order valence-corrected chi connectivity index (χ2v) is 3.33. The van der Waals surface area contributed by atoms with Gasteiger partial charge >= 0.3 is 0 Å². The van der Waals surface area contributed by atoms with Crippen molar-refractivity contribution in [2.75, 3.05) is 33.7 Å². The maximum atomic E-state index is 3.23. The molecule has 0 aromatic rings. The van der Waals surface area contributed by atoms with Gasteiger partial charge in [0, 0.05) is 6.54 Å². The summed E-state index contributed by atoms with van der Waals surface area (Å²) in [5, 5.41) is 3.23. The SMILES string of the molecule is CNC[C@@H]1CCCN(C)C1. The normalized spacial score (nSPS) is 28.8. The molecule has 0 amide bonds. The molecule has 0 unspecified atom stereocenters. The van der Waals surface area contributed by atoms with Gasteiger partial charge in [-0.1, -0.05) is 0 Å². The Morgan fingerprint density at radius 2 is 2.40 bits per heavy atom. The highest BCUT2D eigenvalue weighted by atomic mass is 15.1. The number of rotatable bonds is 2. The van der Waals surface area contributed by atoms with E-state index in [2.05, 4.69) is 17.3 Å². The van der Waals surface area contributed by atoms with Gasteiger partial charge in [0.1, 0.15) is 0 Å². The first-order chi connectivity index (χ1) is 4.83. The minimum atomic E-state index is 0.892. The molecule has 60 valence electrons. The maximum Gasteiger partial charge on any atom is 0.00187 e. The van der Waals surface area contributed by atoms with Crippen LogP contribution < -0.4 is 5.32 Å². The Labute approximate surface area is 63.6 Å². The zero-order valence-electron chi connectivity index (χ0n) is 7.06. The van der Waals surface area contributed by atoms with E-state index >= 15 is 0 Å². The topological polar surface area (TPSA) is 15.3 Å². The summed E-state index contributed by atoms with van der Waals surface area (Å²) in [4.78, 5) is 2.42. The Hall–Kier alpha value is -0.0800. The first-order valence-corrected chi connectivity index (χ1v) is 4.16. The summed E-state index contributed by atoms with van der Waals surface area (Å²) >= 11 is 0. The Balaban J connectivity index is 2.18. The number of nitrogens with one attached hydrogen (secondary N) is 1. The molecule has 0 aliphatic carbocycles. The molecule has 0 spiro atoms. The third-order valence-corrected chi connectivity index (χ3v) is 2.21. The minimum absolute atomic E-state index is 0.892. The van der Waals surface area contributed by atoms with Gasteiger partial charge in [0.25, 0.3) is 0 Å². The smallest absolute Gasteiger partial charge is 0.00187 e. The van der Waals surface area contributed by atoms with E-state index in [0.717, 1.165) is 5.92 Å². The molecule has 2 heteroatoms. The van der Waals surface area contributed by atoms with Crippen LogP contribution in [-0.4, -0.2) is 38.6 Å².